The Hall–Kier alpha value is -0.610. The van der Waals surface area contributed by atoms with Gasteiger partial charge < -0.3 is 14.6 Å². The SMILES string of the molecule is CC(C)(C)OC(=O)CCOCC1CC1CO. The van der Waals surface area contributed by atoms with Crippen LogP contribution < -0.4 is 0 Å². The van der Waals surface area contributed by atoms with Crippen molar-refractivity contribution in [2.75, 3.05) is 19.8 Å². The highest BCUT2D eigenvalue weighted by molar-refractivity contribution is 5.69. The predicted molar refractivity (Wildman–Crippen MR) is 60.0 cm³/mol. The zero-order valence-corrected chi connectivity index (χ0v) is 10.4. The quantitative estimate of drug-likeness (QED) is 0.553. The number of carbonyl (C=O) groups excluding carboxylic acids is 1. The van der Waals surface area contributed by atoms with E-state index in [-0.39, 0.29) is 12.6 Å². The topological polar surface area (TPSA) is 55.8 Å². The molecule has 16 heavy (non-hydrogen) atoms. The number of rotatable bonds is 6. The molecule has 94 valence electrons. The Labute approximate surface area is 96.9 Å². The van der Waals surface area contributed by atoms with Gasteiger partial charge in [0.25, 0.3) is 0 Å². The summed E-state index contributed by atoms with van der Waals surface area (Å²) < 4.78 is 10.5. The van der Waals surface area contributed by atoms with Gasteiger partial charge in [-0.1, -0.05) is 0 Å². The Morgan fingerprint density at radius 2 is 2.06 bits per heavy atom. The predicted octanol–water partition coefficient (Wildman–Crippen LogP) is 1.36. The minimum atomic E-state index is -0.421. The van der Waals surface area contributed by atoms with Crippen LogP contribution >= 0.6 is 0 Å². The largest absolute Gasteiger partial charge is 0.460 e. The van der Waals surface area contributed by atoms with Gasteiger partial charge in [0.15, 0.2) is 0 Å². The van der Waals surface area contributed by atoms with Crippen molar-refractivity contribution in [3.05, 3.63) is 0 Å². The summed E-state index contributed by atoms with van der Waals surface area (Å²) in [6.45, 7) is 6.85. The van der Waals surface area contributed by atoms with Crippen LogP contribution in [-0.4, -0.2) is 36.5 Å². The monoisotopic (exact) mass is 230 g/mol. The molecule has 0 aliphatic heterocycles. The molecule has 0 bridgehead atoms. The van der Waals surface area contributed by atoms with E-state index >= 15 is 0 Å². The second-order valence-corrected chi connectivity index (χ2v) is 5.35. The highest BCUT2D eigenvalue weighted by Gasteiger charge is 2.36. The average molecular weight is 230 g/mol. The van der Waals surface area contributed by atoms with Crippen molar-refractivity contribution in [1.29, 1.82) is 0 Å². The molecule has 2 atom stereocenters. The minimum absolute atomic E-state index is 0.220. The summed E-state index contributed by atoms with van der Waals surface area (Å²) in [5, 5.41) is 8.82. The summed E-state index contributed by atoms with van der Waals surface area (Å²) in [6.07, 6.45) is 1.34. The van der Waals surface area contributed by atoms with E-state index in [1.54, 1.807) is 0 Å². The Kier molecular flexibility index (Phi) is 4.74. The first-order chi connectivity index (χ1) is 7.42. The first-order valence-corrected chi connectivity index (χ1v) is 5.83. The van der Waals surface area contributed by atoms with E-state index < -0.39 is 5.60 Å². The number of hydrogen-bond acceptors (Lipinski definition) is 4. The smallest absolute Gasteiger partial charge is 0.308 e. The molecular weight excluding hydrogens is 208 g/mol. The molecule has 0 amide bonds. The van der Waals surface area contributed by atoms with E-state index in [9.17, 15) is 4.79 Å². The fourth-order valence-corrected chi connectivity index (χ4v) is 1.52. The zero-order valence-electron chi connectivity index (χ0n) is 10.4. The van der Waals surface area contributed by atoms with Crippen LogP contribution in [0.4, 0.5) is 0 Å². The van der Waals surface area contributed by atoms with Crippen molar-refractivity contribution >= 4 is 5.97 Å². The Morgan fingerprint density at radius 3 is 2.56 bits per heavy atom. The summed E-state index contributed by atoms with van der Waals surface area (Å²) in [5.41, 5.74) is -0.421. The molecule has 1 rings (SSSR count). The number of esters is 1. The molecule has 1 N–H and O–H groups in total. The summed E-state index contributed by atoms with van der Waals surface area (Å²) in [4.78, 5) is 11.3. The summed E-state index contributed by atoms with van der Waals surface area (Å²) in [7, 11) is 0. The number of hydrogen-bond donors (Lipinski definition) is 1. The molecule has 0 heterocycles. The molecule has 4 nitrogen and oxygen atoms in total. The first kappa shape index (κ1) is 13.5. The van der Waals surface area contributed by atoms with Crippen molar-refractivity contribution in [2.24, 2.45) is 11.8 Å². The Morgan fingerprint density at radius 1 is 1.38 bits per heavy atom. The maximum absolute atomic E-state index is 11.3. The van der Waals surface area contributed by atoms with Crippen LogP contribution in [0.2, 0.25) is 0 Å². The molecule has 0 aromatic carbocycles. The van der Waals surface area contributed by atoms with Gasteiger partial charge in [0.2, 0.25) is 0 Å². The van der Waals surface area contributed by atoms with Gasteiger partial charge in [-0.15, -0.1) is 0 Å². The van der Waals surface area contributed by atoms with Gasteiger partial charge in [0.1, 0.15) is 5.60 Å². The van der Waals surface area contributed by atoms with Crippen LogP contribution in [0.15, 0.2) is 0 Å². The number of carbonyl (C=O) groups is 1. The van der Waals surface area contributed by atoms with Crippen LogP contribution in [0.1, 0.15) is 33.6 Å². The van der Waals surface area contributed by atoms with E-state index in [0.29, 0.717) is 31.5 Å². The molecule has 1 aliphatic carbocycles. The molecule has 0 aromatic rings. The lowest BCUT2D eigenvalue weighted by Gasteiger charge is -2.19. The van der Waals surface area contributed by atoms with Gasteiger partial charge in [-0.05, 0) is 39.0 Å². The first-order valence-electron chi connectivity index (χ1n) is 5.83. The second kappa shape index (κ2) is 5.64. The summed E-state index contributed by atoms with van der Waals surface area (Å²) in [5.74, 6) is 0.687. The van der Waals surface area contributed by atoms with Gasteiger partial charge in [-0.2, -0.15) is 0 Å². The molecule has 1 saturated carbocycles. The summed E-state index contributed by atoms with van der Waals surface area (Å²) >= 11 is 0. The maximum Gasteiger partial charge on any atom is 0.308 e. The van der Waals surface area contributed by atoms with Crippen molar-refractivity contribution in [3.8, 4) is 0 Å². The third-order valence-corrected chi connectivity index (χ3v) is 2.51. The van der Waals surface area contributed by atoms with Crippen molar-refractivity contribution in [1.82, 2.24) is 0 Å². The third kappa shape index (κ3) is 5.47. The van der Waals surface area contributed by atoms with E-state index in [1.165, 1.54) is 0 Å². The van der Waals surface area contributed by atoms with Crippen molar-refractivity contribution < 1.29 is 19.4 Å². The molecule has 0 radical (unpaired) electrons. The van der Waals surface area contributed by atoms with Gasteiger partial charge in [0, 0.05) is 13.2 Å². The molecule has 2 unspecified atom stereocenters. The van der Waals surface area contributed by atoms with Gasteiger partial charge >= 0.3 is 5.97 Å². The van der Waals surface area contributed by atoms with Crippen molar-refractivity contribution in [2.45, 2.75) is 39.2 Å². The van der Waals surface area contributed by atoms with Crippen LogP contribution in [0, 0.1) is 11.8 Å². The molecule has 0 saturated heterocycles. The van der Waals surface area contributed by atoms with E-state index in [4.69, 9.17) is 14.6 Å². The van der Waals surface area contributed by atoms with Crippen molar-refractivity contribution in [3.63, 3.8) is 0 Å². The highest BCUT2D eigenvalue weighted by Crippen LogP contribution is 2.37. The molecular formula is C12H22O4. The minimum Gasteiger partial charge on any atom is -0.460 e. The van der Waals surface area contributed by atoms with Crippen LogP contribution in [0.3, 0.4) is 0 Å². The number of ether oxygens (including phenoxy) is 2. The van der Waals surface area contributed by atoms with Crippen LogP contribution in [-0.2, 0) is 14.3 Å². The maximum atomic E-state index is 11.3. The third-order valence-electron chi connectivity index (χ3n) is 2.51. The standard InChI is InChI=1S/C12H22O4/c1-12(2,3)16-11(14)4-5-15-8-10-6-9(10)7-13/h9-10,13H,4-8H2,1-3H3. The lowest BCUT2D eigenvalue weighted by atomic mass is 10.2. The normalized spacial score (nSPS) is 24.2. The zero-order chi connectivity index (χ0) is 12.2. The second-order valence-electron chi connectivity index (χ2n) is 5.35. The number of aliphatic hydroxyl groups is 1. The lowest BCUT2D eigenvalue weighted by Crippen LogP contribution is -2.24. The molecule has 1 aliphatic rings. The Bertz CT molecular complexity index is 232. The summed E-state index contributed by atoms with van der Waals surface area (Å²) in [6, 6.07) is 0. The number of aliphatic hydroxyl groups excluding tert-OH is 1. The van der Waals surface area contributed by atoms with Gasteiger partial charge in [0.05, 0.1) is 13.0 Å². The van der Waals surface area contributed by atoms with Crippen LogP contribution in [0.5, 0.6) is 0 Å². The molecule has 0 spiro atoms. The molecule has 1 fully saturated rings. The fraction of sp³-hybridized carbons (Fsp3) is 0.917. The van der Waals surface area contributed by atoms with Gasteiger partial charge in [-0.3, -0.25) is 4.79 Å². The van der Waals surface area contributed by atoms with Gasteiger partial charge in [-0.25, -0.2) is 0 Å². The Balaban J connectivity index is 1.97. The van der Waals surface area contributed by atoms with E-state index in [2.05, 4.69) is 0 Å². The highest BCUT2D eigenvalue weighted by atomic mass is 16.6. The van der Waals surface area contributed by atoms with E-state index in [1.807, 2.05) is 20.8 Å². The average Bonchev–Trinajstić information content (AvgIpc) is 2.88. The van der Waals surface area contributed by atoms with Crippen LogP contribution in [0.25, 0.3) is 0 Å². The van der Waals surface area contributed by atoms with E-state index in [0.717, 1.165) is 6.42 Å². The fourth-order valence-electron chi connectivity index (χ4n) is 1.52. The molecule has 0 aromatic heterocycles. The molecule has 4 heteroatoms. The lowest BCUT2D eigenvalue weighted by molar-refractivity contribution is -0.156.